The maximum atomic E-state index is 2.32. The van der Waals surface area contributed by atoms with Gasteiger partial charge in [0.25, 0.3) is 0 Å². The third-order valence-electron chi connectivity index (χ3n) is 3.91. The molecule has 0 aliphatic heterocycles. The van der Waals surface area contributed by atoms with Gasteiger partial charge in [0, 0.05) is 17.1 Å². The number of benzene rings is 3. The highest BCUT2D eigenvalue weighted by molar-refractivity contribution is 5.78. The van der Waals surface area contributed by atoms with Gasteiger partial charge in [-0.25, -0.2) is 0 Å². The lowest BCUT2D eigenvalue weighted by atomic mass is 10.1. The number of para-hydroxylation sites is 1. The normalized spacial score (nSPS) is 10.5. The Morgan fingerprint density at radius 1 is 0.591 bits per heavy atom. The molecule has 3 aromatic carbocycles. The van der Waals surface area contributed by atoms with E-state index in [-0.39, 0.29) is 0 Å². The third-order valence-corrected chi connectivity index (χ3v) is 3.91. The van der Waals surface area contributed by atoms with E-state index in [0.717, 1.165) is 0 Å². The van der Waals surface area contributed by atoms with Gasteiger partial charge in [0.2, 0.25) is 0 Å². The van der Waals surface area contributed by atoms with Crippen LogP contribution in [0, 0.1) is 20.8 Å². The molecule has 1 heteroatoms. The number of nitrogens with zero attached hydrogens (tertiary/aromatic N) is 1. The first-order valence-corrected chi connectivity index (χ1v) is 7.64. The maximum Gasteiger partial charge on any atom is 0.0490 e. The minimum atomic E-state index is 1.19. The minimum absolute atomic E-state index is 1.19. The molecule has 0 spiro atoms. The molecular weight excluding hydrogens is 266 g/mol. The second-order valence-electron chi connectivity index (χ2n) is 5.80. The standard InChI is InChI=1S/C21H21N/c1-16-11-13-19(14-12-16)22(20-9-6-7-17(2)15-20)21-10-5-4-8-18(21)3/h4-15H,1-3H3. The Balaban J connectivity index is 2.18. The Kier molecular flexibility index (Phi) is 3.97. The van der Waals surface area contributed by atoms with Crippen molar-refractivity contribution in [2.75, 3.05) is 4.90 Å². The van der Waals surface area contributed by atoms with Crippen LogP contribution in [0.25, 0.3) is 0 Å². The predicted octanol–water partition coefficient (Wildman–Crippen LogP) is 6.08. The SMILES string of the molecule is Cc1ccc(N(c2cccc(C)c2)c2ccccc2C)cc1. The molecule has 0 aliphatic rings. The van der Waals surface area contributed by atoms with Crippen molar-refractivity contribution in [1.82, 2.24) is 0 Å². The highest BCUT2D eigenvalue weighted by Gasteiger charge is 2.13. The summed E-state index contributed by atoms with van der Waals surface area (Å²) in [5.74, 6) is 0. The molecule has 0 aliphatic carbocycles. The van der Waals surface area contributed by atoms with Crippen molar-refractivity contribution in [3.8, 4) is 0 Å². The molecule has 0 bridgehead atoms. The van der Waals surface area contributed by atoms with Crippen LogP contribution in [0.5, 0.6) is 0 Å². The summed E-state index contributed by atoms with van der Waals surface area (Å²) in [6, 6.07) is 25.9. The number of anilines is 3. The van der Waals surface area contributed by atoms with Crippen molar-refractivity contribution in [2.24, 2.45) is 0 Å². The summed E-state index contributed by atoms with van der Waals surface area (Å²) in [5.41, 5.74) is 7.41. The highest BCUT2D eigenvalue weighted by atomic mass is 15.1. The average molecular weight is 287 g/mol. The molecule has 0 radical (unpaired) electrons. The summed E-state index contributed by atoms with van der Waals surface area (Å²) in [7, 11) is 0. The molecule has 0 heterocycles. The third kappa shape index (κ3) is 2.89. The molecule has 0 N–H and O–H groups in total. The fraction of sp³-hybridized carbons (Fsp3) is 0.143. The van der Waals surface area contributed by atoms with E-state index in [2.05, 4.69) is 98.5 Å². The monoisotopic (exact) mass is 287 g/mol. The van der Waals surface area contributed by atoms with Crippen molar-refractivity contribution in [1.29, 1.82) is 0 Å². The molecule has 0 aromatic heterocycles. The first kappa shape index (κ1) is 14.4. The maximum absolute atomic E-state index is 2.32. The number of aryl methyl sites for hydroxylation is 3. The van der Waals surface area contributed by atoms with Crippen LogP contribution in [-0.2, 0) is 0 Å². The Labute approximate surface area is 132 Å². The van der Waals surface area contributed by atoms with Crippen LogP contribution in [-0.4, -0.2) is 0 Å². The molecule has 3 rings (SSSR count). The lowest BCUT2D eigenvalue weighted by Crippen LogP contribution is -2.11. The Morgan fingerprint density at radius 3 is 2.00 bits per heavy atom. The number of hydrogen-bond acceptors (Lipinski definition) is 1. The van der Waals surface area contributed by atoms with Gasteiger partial charge in [0.1, 0.15) is 0 Å². The first-order chi connectivity index (χ1) is 10.6. The molecular formula is C21H21N. The second kappa shape index (κ2) is 6.07. The molecule has 0 amide bonds. The van der Waals surface area contributed by atoms with Gasteiger partial charge in [0.15, 0.2) is 0 Å². The van der Waals surface area contributed by atoms with Crippen molar-refractivity contribution in [2.45, 2.75) is 20.8 Å². The Morgan fingerprint density at radius 2 is 1.32 bits per heavy atom. The lowest BCUT2D eigenvalue weighted by Gasteiger charge is -2.27. The molecule has 110 valence electrons. The van der Waals surface area contributed by atoms with E-state index < -0.39 is 0 Å². The van der Waals surface area contributed by atoms with Crippen LogP contribution in [0.2, 0.25) is 0 Å². The van der Waals surface area contributed by atoms with Crippen LogP contribution in [0.15, 0.2) is 72.8 Å². The summed E-state index contributed by atoms with van der Waals surface area (Å²) < 4.78 is 0. The summed E-state index contributed by atoms with van der Waals surface area (Å²) >= 11 is 0. The van der Waals surface area contributed by atoms with Gasteiger partial charge >= 0.3 is 0 Å². The van der Waals surface area contributed by atoms with Gasteiger partial charge in [-0.1, -0.05) is 48.0 Å². The quantitative estimate of drug-likeness (QED) is 0.564. The predicted molar refractivity (Wildman–Crippen MR) is 95.3 cm³/mol. The van der Waals surface area contributed by atoms with Crippen molar-refractivity contribution >= 4 is 17.1 Å². The zero-order valence-corrected chi connectivity index (χ0v) is 13.4. The largest absolute Gasteiger partial charge is 0.310 e. The molecule has 1 nitrogen and oxygen atoms in total. The highest BCUT2D eigenvalue weighted by Crippen LogP contribution is 2.36. The molecule has 0 saturated heterocycles. The van der Waals surface area contributed by atoms with E-state index in [1.807, 2.05) is 0 Å². The van der Waals surface area contributed by atoms with Crippen molar-refractivity contribution < 1.29 is 0 Å². The summed E-state index contributed by atoms with van der Waals surface area (Å²) in [6.07, 6.45) is 0. The molecule has 0 unspecified atom stereocenters. The fourth-order valence-corrected chi connectivity index (χ4v) is 2.70. The van der Waals surface area contributed by atoms with Crippen LogP contribution < -0.4 is 4.90 Å². The van der Waals surface area contributed by atoms with E-state index >= 15 is 0 Å². The van der Waals surface area contributed by atoms with Gasteiger partial charge in [-0.05, 0) is 62.2 Å². The van der Waals surface area contributed by atoms with Crippen molar-refractivity contribution in [3.63, 3.8) is 0 Å². The topological polar surface area (TPSA) is 3.24 Å². The van der Waals surface area contributed by atoms with Gasteiger partial charge in [-0.15, -0.1) is 0 Å². The van der Waals surface area contributed by atoms with Gasteiger partial charge in [0.05, 0.1) is 0 Å². The van der Waals surface area contributed by atoms with E-state index in [0.29, 0.717) is 0 Å². The second-order valence-corrected chi connectivity index (χ2v) is 5.80. The Hall–Kier alpha value is -2.54. The summed E-state index contributed by atoms with van der Waals surface area (Å²) in [4.78, 5) is 2.32. The van der Waals surface area contributed by atoms with E-state index in [9.17, 15) is 0 Å². The Bertz CT molecular complexity index is 772. The first-order valence-electron chi connectivity index (χ1n) is 7.64. The number of rotatable bonds is 3. The molecule has 0 saturated carbocycles. The van der Waals surface area contributed by atoms with Gasteiger partial charge < -0.3 is 4.90 Å². The fourth-order valence-electron chi connectivity index (χ4n) is 2.70. The smallest absolute Gasteiger partial charge is 0.0490 e. The molecule has 22 heavy (non-hydrogen) atoms. The minimum Gasteiger partial charge on any atom is -0.310 e. The van der Waals surface area contributed by atoms with Crippen LogP contribution in [0.4, 0.5) is 17.1 Å². The molecule has 0 atom stereocenters. The lowest BCUT2D eigenvalue weighted by molar-refractivity contribution is 1.24. The van der Waals surface area contributed by atoms with Crippen LogP contribution in [0.3, 0.4) is 0 Å². The number of hydrogen-bond donors (Lipinski definition) is 0. The molecule has 3 aromatic rings. The summed E-state index contributed by atoms with van der Waals surface area (Å²) in [5, 5.41) is 0. The van der Waals surface area contributed by atoms with E-state index in [1.54, 1.807) is 0 Å². The van der Waals surface area contributed by atoms with E-state index in [1.165, 1.54) is 33.8 Å². The zero-order valence-electron chi connectivity index (χ0n) is 13.4. The van der Waals surface area contributed by atoms with Crippen molar-refractivity contribution in [3.05, 3.63) is 89.5 Å². The summed E-state index contributed by atoms with van der Waals surface area (Å²) in [6.45, 7) is 6.41. The van der Waals surface area contributed by atoms with Crippen LogP contribution >= 0.6 is 0 Å². The van der Waals surface area contributed by atoms with Gasteiger partial charge in [-0.3, -0.25) is 0 Å². The van der Waals surface area contributed by atoms with Crippen LogP contribution in [0.1, 0.15) is 16.7 Å². The average Bonchev–Trinajstić information content (AvgIpc) is 2.51. The molecule has 0 fully saturated rings. The van der Waals surface area contributed by atoms with Gasteiger partial charge in [-0.2, -0.15) is 0 Å². The zero-order chi connectivity index (χ0) is 15.5. The van der Waals surface area contributed by atoms with E-state index in [4.69, 9.17) is 0 Å².